The highest BCUT2D eigenvalue weighted by Crippen LogP contribution is 2.23. The second-order valence-electron chi connectivity index (χ2n) is 7.18. The number of nitrogens with one attached hydrogen (secondary N) is 2. The van der Waals surface area contributed by atoms with Gasteiger partial charge in [0.05, 0.1) is 11.9 Å². The number of carbonyl (C=O) groups is 1. The lowest BCUT2D eigenvalue weighted by atomic mass is 10.1. The highest BCUT2D eigenvalue weighted by molar-refractivity contribution is 6.31. The summed E-state index contributed by atoms with van der Waals surface area (Å²) in [6, 6.07) is 24.6. The van der Waals surface area contributed by atoms with Crippen LogP contribution in [0.1, 0.15) is 27.2 Å². The molecule has 0 aliphatic rings. The monoisotopic (exact) mass is 444 g/mol. The first-order valence-corrected chi connectivity index (χ1v) is 10.4. The molecular formula is C25H21ClN4O2. The minimum Gasteiger partial charge on any atom is -0.489 e. The topological polar surface area (TPSA) is 79.4 Å². The Kier molecular flexibility index (Phi) is 6.63. The summed E-state index contributed by atoms with van der Waals surface area (Å²) in [4.78, 5) is 12.3. The van der Waals surface area contributed by atoms with Gasteiger partial charge in [0.25, 0.3) is 5.91 Å². The predicted octanol–water partition coefficient (Wildman–Crippen LogP) is 5.38. The molecule has 0 unspecified atom stereocenters. The average Bonchev–Trinajstić information content (AvgIpc) is 3.31. The Hall–Kier alpha value is -3.90. The smallest absolute Gasteiger partial charge is 0.289 e. The molecule has 4 rings (SSSR count). The second-order valence-corrected chi connectivity index (χ2v) is 7.59. The molecule has 0 saturated carbocycles. The number of aromatic nitrogens is 2. The Bertz CT molecular complexity index is 1230. The van der Waals surface area contributed by atoms with Crippen molar-refractivity contribution in [2.75, 3.05) is 0 Å². The van der Waals surface area contributed by atoms with Gasteiger partial charge in [0, 0.05) is 16.1 Å². The quantitative estimate of drug-likeness (QED) is 0.296. The minimum atomic E-state index is -0.369. The number of carbonyl (C=O) groups excluding carboxylic acids is 1. The lowest BCUT2D eigenvalue weighted by Crippen LogP contribution is -2.17. The number of rotatable bonds is 7. The Balaban J connectivity index is 1.34. The van der Waals surface area contributed by atoms with E-state index in [1.165, 1.54) is 0 Å². The fourth-order valence-corrected chi connectivity index (χ4v) is 3.15. The zero-order valence-electron chi connectivity index (χ0n) is 17.4. The van der Waals surface area contributed by atoms with Gasteiger partial charge in [-0.25, -0.2) is 5.43 Å². The fraction of sp³-hybridized carbons (Fsp3) is 0.0800. The summed E-state index contributed by atoms with van der Waals surface area (Å²) in [5.41, 5.74) is 7.31. The molecule has 7 heteroatoms. The van der Waals surface area contributed by atoms with E-state index in [0.29, 0.717) is 28.8 Å². The Labute approximate surface area is 190 Å². The fourth-order valence-electron chi connectivity index (χ4n) is 2.96. The van der Waals surface area contributed by atoms with Gasteiger partial charge in [-0.1, -0.05) is 59.6 Å². The third-order valence-electron chi connectivity index (χ3n) is 4.78. The van der Waals surface area contributed by atoms with E-state index in [0.717, 1.165) is 22.3 Å². The van der Waals surface area contributed by atoms with Crippen molar-refractivity contribution in [3.8, 4) is 17.0 Å². The molecule has 0 fully saturated rings. The Morgan fingerprint density at radius 2 is 1.84 bits per heavy atom. The molecular weight excluding hydrogens is 424 g/mol. The lowest BCUT2D eigenvalue weighted by Gasteiger charge is -2.08. The van der Waals surface area contributed by atoms with Gasteiger partial charge >= 0.3 is 0 Å². The Morgan fingerprint density at radius 3 is 2.59 bits per heavy atom. The summed E-state index contributed by atoms with van der Waals surface area (Å²) in [7, 11) is 0. The van der Waals surface area contributed by atoms with Crippen molar-refractivity contribution in [3.05, 3.63) is 106 Å². The number of hydrazone groups is 1. The van der Waals surface area contributed by atoms with Crippen molar-refractivity contribution in [3.63, 3.8) is 0 Å². The molecule has 0 saturated heterocycles. The number of halogens is 1. The van der Waals surface area contributed by atoms with Crippen molar-refractivity contribution in [1.29, 1.82) is 0 Å². The maximum Gasteiger partial charge on any atom is 0.289 e. The molecule has 4 aromatic rings. The largest absolute Gasteiger partial charge is 0.489 e. The zero-order chi connectivity index (χ0) is 22.3. The number of hydrogen-bond donors (Lipinski definition) is 2. The van der Waals surface area contributed by atoms with Gasteiger partial charge in [-0.3, -0.25) is 9.89 Å². The van der Waals surface area contributed by atoms with Crippen LogP contribution in [-0.2, 0) is 6.61 Å². The van der Waals surface area contributed by atoms with Crippen LogP contribution in [0, 0.1) is 6.92 Å². The number of hydrogen-bond acceptors (Lipinski definition) is 4. The molecule has 160 valence electrons. The molecule has 1 heterocycles. The summed E-state index contributed by atoms with van der Waals surface area (Å²) < 4.78 is 5.80. The summed E-state index contributed by atoms with van der Waals surface area (Å²) in [5.74, 6) is 0.347. The third kappa shape index (κ3) is 5.42. The summed E-state index contributed by atoms with van der Waals surface area (Å²) >= 11 is 6.16. The highest BCUT2D eigenvalue weighted by Gasteiger charge is 2.10. The molecule has 32 heavy (non-hydrogen) atoms. The van der Waals surface area contributed by atoms with Gasteiger partial charge in [-0.15, -0.1) is 0 Å². The maximum atomic E-state index is 12.3. The van der Waals surface area contributed by atoms with Crippen molar-refractivity contribution < 1.29 is 9.53 Å². The van der Waals surface area contributed by atoms with Crippen molar-refractivity contribution in [1.82, 2.24) is 15.6 Å². The second kappa shape index (κ2) is 9.94. The van der Waals surface area contributed by atoms with E-state index in [4.69, 9.17) is 16.3 Å². The van der Waals surface area contributed by atoms with E-state index < -0.39 is 0 Å². The van der Waals surface area contributed by atoms with Crippen LogP contribution in [0.3, 0.4) is 0 Å². The summed E-state index contributed by atoms with van der Waals surface area (Å²) in [6.07, 6.45) is 1.59. The van der Waals surface area contributed by atoms with Crippen LogP contribution < -0.4 is 10.2 Å². The minimum absolute atomic E-state index is 0.320. The van der Waals surface area contributed by atoms with Crippen LogP contribution >= 0.6 is 11.6 Å². The molecule has 1 aromatic heterocycles. The first kappa shape index (κ1) is 21.3. The zero-order valence-corrected chi connectivity index (χ0v) is 18.1. The van der Waals surface area contributed by atoms with E-state index in [1.54, 1.807) is 12.3 Å². The molecule has 0 atom stereocenters. The number of nitrogens with zero attached hydrogens (tertiary/aromatic N) is 2. The van der Waals surface area contributed by atoms with Crippen molar-refractivity contribution in [2.45, 2.75) is 13.5 Å². The molecule has 1 amide bonds. The van der Waals surface area contributed by atoms with E-state index in [2.05, 4.69) is 20.7 Å². The van der Waals surface area contributed by atoms with E-state index >= 15 is 0 Å². The van der Waals surface area contributed by atoms with Gasteiger partial charge in [-0.2, -0.15) is 10.2 Å². The number of aromatic amines is 1. The standard InChI is InChI=1S/C25H21ClN4O2/c1-17-6-8-18(9-7-17)15-27-30-25(31)24-14-23(28-29-24)19-10-12-21(13-11-19)32-16-20-4-2-3-5-22(20)26/h2-15H,16H2,1H3,(H,28,29)(H,30,31). The SMILES string of the molecule is Cc1ccc(C=NNC(=O)c2cc(-c3ccc(OCc4ccccc4Cl)cc3)n[nH]2)cc1. The summed E-state index contributed by atoms with van der Waals surface area (Å²) in [6.45, 7) is 2.40. The number of aryl methyl sites for hydroxylation is 1. The van der Waals surface area contributed by atoms with Crippen molar-refractivity contribution >= 4 is 23.7 Å². The molecule has 3 aromatic carbocycles. The van der Waals surface area contributed by atoms with Crippen LogP contribution in [0.15, 0.2) is 84.0 Å². The average molecular weight is 445 g/mol. The van der Waals surface area contributed by atoms with Crippen LogP contribution in [0.25, 0.3) is 11.3 Å². The van der Waals surface area contributed by atoms with E-state index in [1.807, 2.05) is 79.7 Å². The first-order chi connectivity index (χ1) is 15.6. The number of benzene rings is 3. The molecule has 0 aliphatic heterocycles. The maximum absolute atomic E-state index is 12.3. The molecule has 0 aliphatic carbocycles. The van der Waals surface area contributed by atoms with Gasteiger partial charge in [0.15, 0.2) is 0 Å². The van der Waals surface area contributed by atoms with Gasteiger partial charge in [0.2, 0.25) is 0 Å². The van der Waals surface area contributed by atoms with Crippen LogP contribution in [0.4, 0.5) is 0 Å². The van der Waals surface area contributed by atoms with E-state index in [9.17, 15) is 4.79 Å². The molecule has 6 nitrogen and oxygen atoms in total. The molecule has 2 N–H and O–H groups in total. The van der Waals surface area contributed by atoms with Gasteiger partial charge in [-0.05, 0) is 48.9 Å². The number of H-pyrrole nitrogens is 1. The van der Waals surface area contributed by atoms with Crippen LogP contribution in [0.2, 0.25) is 5.02 Å². The first-order valence-electron chi connectivity index (χ1n) is 10.0. The lowest BCUT2D eigenvalue weighted by molar-refractivity contribution is 0.0950. The van der Waals surface area contributed by atoms with Crippen LogP contribution in [0.5, 0.6) is 5.75 Å². The van der Waals surface area contributed by atoms with Gasteiger partial charge in [0.1, 0.15) is 18.1 Å². The number of amides is 1. The normalized spacial score (nSPS) is 10.9. The summed E-state index contributed by atoms with van der Waals surface area (Å²) in [5, 5.41) is 11.6. The highest BCUT2D eigenvalue weighted by atomic mass is 35.5. The molecule has 0 bridgehead atoms. The molecule has 0 spiro atoms. The number of ether oxygens (including phenoxy) is 1. The van der Waals surface area contributed by atoms with Gasteiger partial charge < -0.3 is 4.74 Å². The van der Waals surface area contributed by atoms with Crippen molar-refractivity contribution in [2.24, 2.45) is 5.10 Å². The Morgan fingerprint density at radius 1 is 1.09 bits per heavy atom. The predicted molar refractivity (Wildman–Crippen MR) is 126 cm³/mol. The van der Waals surface area contributed by atoms with Crippen LogP contribution in [-0.4, -0.2) is 22.3 Å². The van der Waals surface area contributed by atoms with E-state index in [-0.39, 0.29) is 5.91 Å². The third-order valence-corrected chi connectivity index (χ3v) is 5.15. The molecule has 0 radical (unpaired) electrons.